The lowest BCUT2D eigenvalue weighted by atomic mass is 9.61. The first-order chi connectivity index (χ1) is 8.39. The summed E-state index contributed by atoms with van der Waals surface area (Å²) >= 11 is 1.70. The monoisotopic (exact) mass is 273 g/mol. The van der Waals surface area contributed by atoms with E-state index in [1.807, 2.05) is 13.2 Å². The van der Waals surface area contributed by atoms with Crippen molar-refractivity contribution < 1.29 is 10.0 Å². The summed E-state index contributed by atoms with van der Waals surface area (Å²) in [7, 11) is 1.79. The third-order valence-corrected chi connectivity index (χ3v) is 4.61. The van der Waals surface area contributed by atoms with Gasteiger partial charge in [-0.3, -0.25) is 4.79 Å². The van der Waals surface area contributed by atoms with Gasteiger partial charge >= 0.3 is 0 Å². The van der Waals surface area contributed by atoms with E-state index in [9.17, 15) is 4.79 Å². The van der Waals surface area contributed by atoms with Crippen molar-refractivity contribution >= 4 is 23.5 Å². The van der Waals surface area contributed by atoms with Crippen molar-refractivity contribution in [3.05, 3.63) is 0 Å². The minimum atomic E-state index is -0.782. The molecule has 1 amide bonds. The van der Waals surface area contributed by atoms with Crippen molar-refractivity contribution in [2.24, 2.45) is 22.2 Å². The zero-order chi connectivity index (χ0) is 13.9. The van der Waals surface area contributed by atoms with Crippen LogP contribution >= 0.6 is 11.8 Å². The molecule has 18 heavy (non-hydrogen) atoms. The minimum Gasteiger partial charge on any atom is -0.409 e. The molecule has 0 saturated heterocycles. The van der Waals surface area contributed by atoms with Gasteiger partial charge in [0.25, 0.3) is 0 Å². The molecule has 3 N–H and O–H groups in total. The molecule has 0 aromatic carbocycles. The van der Waals surface area contributed by atoms with Gasteiger partial charge in [-0.15, -0.1) is 0 Å². The average Bonchev–Trinajstić information content (AvgIpc) is 2.32. The van der Waals surface area contributed by atoms with E-state index >= 15 is 0 Å². The molecule has 1 rings (SSSR count). The summed E-state index contributed by atoms with van der Waals surface area (Å²) in [6, 6.07) is 0.145. The van der Waals surface area contributed by atoms with Gasteiger partial charge in [0.15, 0.2) is 5.84 Å². The second-order valence-electron chi connectivity index (χ2n) is 5.30. The van der Waals surface area contributed by atoms with Gasteiger partial charge in [0.05, 0.1) is 0 Å². The van der Waals surface area contributed by atoms with Crippen molar-refractivity contribution in [2.45, 2.75) is 32.7 Å². The summed E-state index contributed by atoms with van der Waals surface area (Å²) in [5.41, 5.74) is 4.95. The first-order valence-corrected chi connectivity index (χ1v) is 7.52. The molecule has 0 radical (unpaired) electrons. The molecular formula is C12H23N3O2S. The Morgan fingerprint density at radius 2 is 2.22 bits per heavy atom. The number of oxime groups is 1. The third-order valence-electron chi connectivity index (χ3n) is 3.79. The van der Waals surface area contributed by atoms with Crippen LogP contribution in [0.15, 0.2) is 5.16 Å². The lowest BCUT2D eigenvalue weighted by molar-refractivity contribution is -0.144. The van der Waals surface area contributed by atoms with Crippen molar-refractivity contribution in [3.8, 4) is 0 Å². The van der Waals surface area contributed by atoms with Gasteiger partial charge in [-0.1, -0.05) is 12.1 Å². The van der Waals surface area contributed by atoms with E-state index in [4.69, 9.17) is 10.9 Å². The molecule has 0 bridgehead atoms. The highest BCUT2D eigenvalue weighted by atomic mass is 32.2. The summed E-state index contributed by atoms with van der Waals surface area (Å²) < 4.78 is 0. The smallest absolute Gasteiger partial charge is 0.236 e. The molecule has 1 aliphatic carbocycles. The quantitative estimate of drug-likeness (QED) is 0.343. The number of carbonyl (C=O) groups excluding carboxylic acids is 1. The Bertz CT molecular complexity index is 340. The predicted octanol–water partition coefficient (Wildman–Crippen LogP) is 1.36. The SMILES string of the molecule is CSCC(C)N(C)C(=O)C1(C(N)=NO)CC(C)C1. The highest BCUT2D eigenvalue weighted by Crippen LogP contribution is 2.47. The van der Waals surface area contributed by atoms with Crippen molar-refractivity contribution in [3.63, 3.8) is 0 Å². The Kier molecular flexibility index (Phi) is 4.90. The Morgan fingerprint density at radius 3 is 2.61 bits per heavy atom. The molecule has 1 atom stereocenters. The van der Waals surface area contributed by atoms with E-state index in [1.54, 1.807) is 23.7 Å². The maximum Gasteiger partial charge on any atom is 0.236 e. The van der Waals surface area contributed by atoms with Crippen LogP contribution in [-0.2, 0) is 4.79 Å². The average molecular weight is 273 g/mol. The van der Waals surface area contributed by atoms with Gasteiger partial charge in [-0.05, 0) is 31.9 Å². The molecule has 1 saturated carbocycles. The van der Waals surface area contributed by atoms with E-state index in [0.717, 1.165) is 5.75 Å². The van der Waals surface area contributed by atoms with Crippen LogP contribution in [0.1, 0.15) is 26.7 Å². The number of amidine groups is 1. The summed E-state index contributed by atoms with van der Waals surface area (Å²) in [4.78, 5) is 14.3. The van der Waals surface area contributed by atoms with Crippen LogP contribution in [0.25, 0.3) is 0 Å². The highest BCUT2D eigenvalue weighted by molar-refractivity contribution is 7.98. The second-order valence-corrected chi connectivity index (χ2v) is 6.21. The molecule has 1 aliphatic rings. The molecule has 104 valence electrons. The lowest BCUT2D eigenvalue weighted by Crippen LogP contribution is -2.58. The fourth-order valence-electron chi connectivity index (χ4n) is 2.61. The molecule has 1 fully saturated rings. The van der Waals surface area contributed by atoms with Gasteiger partial charge in [-0.25, -0.2) is 0 Å². The van der Waals surface area contributed by atoms with Crippen LogP contribution < -0.4 is 5.73 Å². The number of nitrogens with zero attached hydrogens (tertiary/aromatic N) is 2. The van der Waals surface area contributed by atoms with Crippen molar-refractivity contribution in [1.82, 2.24) is 4.90 Å². The fourth-order valence-corrected chi connectivity index (χ4v) is 3.32. The van der Waals surface area contributed by atoms with Gasteiger partial charge in [-0.2, -0.15) is 11.8 Å². The molecule has 0 aromatic heterocycles. The number of amides is 1. The van der Waals surface area contributed by atoms with Crippen molar-refractivity contribution in [1.29, 1.82) is 0 Å². The van der Waals surface area contributed by atoms with E-state index in [2.05, 4.69) is 12.1 Å². The Balaban J connectivity index is 2.85. The van der Waals surface area contributed by atoms with Gasteiger partial charge < -0.3 is 15.8 Å². The summed E-state index contributed by atoms with van der Waals surface area (Å²) in [5.74, 6) is 1.34. The third kappa shape index (κ3) is 2.58. The minimum absolute atomic E-state index is 0.0301. The van der Waals surface area contributed by atoms with Gasteiger partial charge in [0.1, 0.15) is 5.41 Å². The van der Waals surface area contributed by atoms with Crippen molar-refractivity contribution in [2.75, 3.05) is 19.1 Å². The molecule has 0 aromatic rings. The molecule has 0 heterocycles. The molecule has 0 spiro atoms. The predicted molar refractivity (Wildman–Crippen MR) is 74.9 cm³/mol. The van der Waals surface area contributed by atoms with Gasteiger partial charge in [0.2, 0.25) is 5.91 Å². The number of hydrogen-bond acceptors (Lipinski definition) is 4. The summed E-state index contributed by atoms with van der Waals surface area (Å²) in [6.07, 6.45) is 3.34. The zero-order valence-electron chi connectivity index (χ0n) is 11.5. The normalized spacial score (nSPS) is 29.6. The number of rotatable bonds is 5. The van der Waals surface area contributed by atoms with Crippen LogP contribution in [0.5, 0.6) is 0 Å². The number of nitrogens with two attached hydrogens (primary N) is 1. The van der Waals surface area contributed by atoms with Gasteiger partial charge in [0, 0.05) is 18.8 Å². The lowest BCUT2D eigenvalue weighted by Gasteiger charge is -2.46. The van der Waals surface area contributed by atoms with Crippen LogP contribution in [0.4, 0.5) is 0 Å². The van der Waals surface area contributed by atoms with Crippen LogP contribution in [0.3, 0.4) is 0 Å². The number of hydrogen-bond donors (Lipinski definition) is 2. The van der Waals surface area contributed by atoms with Crippen LogP contribution in [-0.4, -0.2) is 46.9 Å². The molecular weight excluding hydrogens is 250 g/mol. The molecule has 0 aliphatic heterocycles. The zero-order valence-corrected chi connectivity index (χ0v) is 12.3. The largest absolute Gasteiger partial charge is 0.409 e. The van der Waals surface area contributed by atoms with E-state index < -0.39 is 5.41 Å². The molecule has 6 heteroatoms. The highest BCUT2D eigenvalue weighted by Gasteiger charge is 2.53. The van der Waals surface area contributed by atoms with Crippen LogP contribution in [0.2, 0.25) is 0 Å². The molecule has 1 unspecified atom stereocenters. The van der Waals surface area contributed by atoms with E-state index in [-0.39, 0.29) is 17.8 Å². The van der Waals surface area contributed by atoms with E-state index in [0.29, 0.717) is 18.8 Å². The Hall–Kier alpha value is -0.910. The molecule has 5 nitrogen and oxygen atoms in total. The summed E-state index contributed by atoms with van der Waals surface area (Å²) in [6.45, 7) is 4.08. The topological polar surface area (TPSA) is 78.9 Å². The Labute approximate surface area is 113 Å². The fraction of sp³-hybridized carbons (Fsp3) is 0.833. The number of carbonyl (C=O) groups is 1. The van der Waals surface area contributed by atoms with Crippen LogP contribution in [0, 0.1) is 11.3 Å². The number of thioether (sulfide) groups is 1. The summed E-state index contributed by atoms with van der Waals surface area (Å²) in [5, 5.41) is 12.0. The first-order valence-electron chi connectivity index (χ1n) is 6.13. The maximum atomic E-state index is 12.6. The second kappa shape index (κ2) is 5.82. The maximum absolute atomic E-state index is 12.6. The van der Waals surface area contributed by atoms with E-state index in [1.165, 1.54) is 0 Å². The standard InChI is InChI=1S/C12H23N3O2S/c1-8-5-12(6-8,10(13)14-17)11(16)15(3)9(2)7-18-4/h8-9,17H,5-7H2,1-4H3,(H2,13,14). The first kappa shape index (κ1) is 15.1. The Morgan fingerprint density at radius 1 is 1.67 bits per heavy atom.